The molecule has 1 aliphatic carbocycles. The van der Waals surface area contributed by atoms with E-state index in [0.29, 0.717) is 33.8 Å². The number of nitrogens with one attached hydrogen (secondary N) is 2. The normalized spacial score (nSPS) is 13.5. The van der Waals surface area contributed by atoms with E-state index in [1.165, 1.54) is 0 Å². The van der Waals surface area contributed by atoms with Crippen molar-refractivity contribution in [3.05, 3.63) is 71.0 Å². The lowest BCUT2D eigenvalue weighted by Crippen LogP contribution is -2.12. The monoisotopic (exact) mass is 353 g/mol. The Kier molecular flexibility index (Phi) is 4.15. The number of halogens is 1. The van der Waals surface area contributed by atoms with E-state index in [4.69, 9.17) is 16.3 Å². The van der Waals surface area contributed by atoms with Crippen LogP contribution in [0.2, 0.25) is 5.02 Å². The average molecular weight is 354 g/mol. The Balaban J connectivity index is 1.41. The molecule has 4 rings (SSSR count). The number of anilines is 1. The first-order valence-electron chi connectivity index (χ1n) is 8.08. The molecule has 5 nitrogen and oxygen atoms in total. The van der Waals surface area contributed by atoms with Crippen molar-refractivity contribution in [3.63, 3.8) is 0 Å². The van der Waals surface area contributed by atoms with Crippen molar-refractivity contribution in [1.82, 2.24) is 10.2 Å². The van der Waals surface area contributed by atoms with Gasteiger partial charge in [-0.1, -0.05) is 23.7 Å². The number of carbonyl (C=O) groups is 1. The molecule has 1 aliphatic rings. The summed E-state index contributed by atoms with van der Waals surface area (Å²) >= 11 is 6.08. The van der Waals surface area contributed by atoms with Gasteiger partial charge in [0, 0.05) is 17.3 Å². The Morgan fingerprint density at radius 1 is 1.16 bits per heavy atom. The Labute approximate surface area is 150 Å². The smallest absolute Gasteiger partial charge is 0.276 e. The van der Waals surface area contributed by atoms with Gasteiger partial charge < -0.3 is 10.1 Å². The molecule has 126 valence electrons. The van der Waals surface area contributed by atoms with Crippen LogP contribution >= 0.6 is 11.6 Å². The van der Waals surface area contributed by atoms with Crippen LogP contribution in [0.4, 0.5) is 5.69 Å². The molecule has 25 heavy (non-hydrogen) atoms. The zero-order chi connectivity index (χ0) is 17.2. The number of H-pyrrole nitrogens is 1. The first-order chi connectivity index (χ1) is 12.2. The summed E-state index contributed by atoms with van der Waals surface area (Å²) in [7, 11) is 0. The molecule has 0 bridgehead atoms. The van der Waals surface area contributed by atoms with Gasteiger partial charge in [0.05, 0.1) is 5.02 Å². The van der Waals surface area contributed by atoms with Crippen molar-refractivity contribution >= 4 is 23.2 Å². The molecule has 0 aliphatic heterocycles. The minimum atomic E-state index is -0.233. The third kappa shape index (κ3) is 3.67. The zero-order valence-electron chi connectivity index (χ0n) is 13.3. The predicted octanol–water partition coefficient (Wildman–Crippen LogP) is 4.99. The number of benzene rings is 2. The van der Waals surface area contributed by atoms with Gasteiger partial charge in [-0.3, -0.25) is 9.89 Å². The van der Waals surface area contributed by atoms with Gasteiger partial charge in [0.1, 0.15) is 11.5 Å². The van der Waals surface area contributed by atoms with Gasteiger partial charge in [0.2, 0.25) is 0 Å². The van der Waals surface area contributed by atoms with Crippen LogP contribution in [-0.2, 0) is 0 Å². The van der Waals surface area contributed by atoms with E-state index in [1.807, 2.05) is 18.2 Å². The van der Waals surface area contributed by atoms with Crippen molar-refractivity contribution in [2.45, 2.75) is 18.8 Å². The molecule has 0 radical (unpaired) electrons. The lowest BCUT2D eigenvalue weighted by atomic mass is 10.2. The van der Waals surface area contributed by atoms with Crippen LogP contribution in [0.3, 0.4) is 0 Å². The van der Waals surface area contributed by atoms with Gasteiger partial charge in [0.15, 0.2) is 5.69 Å². The van der Waals surface area contributed by atoms with Crippen molar-refractivity contribution in [1.29, 1.82) is 0 Å². The molecule has 1 amide bonds. The van der Waals surface area contributed by atoms with Crippen LogP contribution < -0.4 is 10.1 Å². The second-order valence-corrected chi connectivity index (χ2v) is 6.40. The largest absolute Gasteiger partial charge is 0.456 e. The summed E-state index contributed by atoms with van der Waals surface area (Å²) < 4.78 is 5.73. The molecule has 0 atom stereocenters. The third-order valence-electron chi connectivity index (χ3n) is 4.02. The number of hydrogen-bond donors (Lipinski definition) is 2. The molecule has 0 saturated heterocycles. The van der Waals surface area contributed by atoms with Crippen LogP contribution in [0.5, 0.6) is 11.5 Å². The van der Waals surface area contributed by atoms with E-state index in [0.717, 1.165) is 18.5 Å². The lowest BCUT2D eigenvalue weighted by Gasteiger charge is -2.08. The number of para-hydroxylation sites is 1. The molecule has 1 heterocycles. The quantitative estimate of drug-likeness (QED) is 0.679. The molecule has 3 aromatic rings. The Morgan fingerprint density at radius 3 is 2.64 bits per heavy atom. The molecular formula is C19H16ClN3O2. The highest BCUT2D eigenvalue weighted by Gasteiger charge is 2.26. The Morgan fingerprint density at radius 2 is 1.92 bits per heavy atom. The van der Waals surface area contributed by atoms with Gasteiger partial charge in [0.25, 0.3) is 5.91 Å². The number of aromatic nitrogens is 2. The number of aromatic amines is 1. The maximum Gasteiger partial charge on any atom is 0.276 e. The lowest BCUT2D eigenvalue weighted by molar-refractivity contribution is 0.102. The first-order valence-corrected chi connectivity index (χ1v) is 8.46. The van der Waals surface area contributed by atoms with Crippen molar-refractivity contribution in [2.75, 3.05) is 5.32 Å². The van der Waals surface area contributed by atoms with Crippen molar-refractivity contribution in [2.24, 2.45) is 0 Å². The summed E-state index contributed by atoms with van der Waals surface area (Å²) in [4.78, 5) is 12.2. The van der Waals surface area contributed by atoms with E-state index >= 15 is 0 Å². The molecule has 6 heteroatoms. The minimum Gasteiger partial charge on any atom is -0.456 e. The Hall–Kier alpha value is -2.79. The van der Waals surface area contributed by atoms with E-state index in [2.05, 4.69) is 15.5 Å². The second kappa shape index (κ2) is 6.61. The number of carbonyl (C=O) groups excluding carboxylic acids is 1. The average Bonchev–Trinajstić information content (AvgIpc) is 3.35. The van der Waals surface area contributed by atoms with E-state index in [-0.39, 0.29) is 5.91 Å². The minimum absolute atomic E-state index is 0.233. The highest BCUT2D eigenvalue weighted by molar-refractivity contribution is 6.32. The highest BCUT2D eigenvalue weighted by atomic mass is 35.5. The van der Waals surface area contributed by atoms with Gasteiger partial charge >= 0.3 is 0 Å². The summed E-state index contributed by atoms with van der Waals surface area (Å²) in [5, 5.41) is 10.4. The van der Waals surface area contributed by atoms with Gasteiger partial charge in [-0.15, -0.1) is 0 Å². The number of ether oxygens (including phenoxy) is 1. The molecule has 1 saturated carbocycles. The summed E-state index contributed by atoms with van der Waals surface area (Å²) in [6, 6.07) is 16.2. The fraction of sp³-hybridized carbons (Fsp3) is 0.158. The SMILES string of the molecule is O=C(Nc1ccc(Oc2ccccc2Cl)cc1)c1cc(C2CC2)[nH]n1. The molecule has 0 spiro atoms. The van der Waals surface area contributed by atoms with Gasteiger partial charge in [-0.05, 0) is 55.3 Å². The maximum absolute atomic E-state index is 12.2. The number of hydrogen-bond acceptors (Lipinski definition) is 3. The fourth-order valence-electron chi connectivity index (χ4n) is 2.51. The molecular weight excluding hydrogens is 338 g/mol. The van der Waals surface area contributed by atoms with E-state index in [9.17, 15) is 4.79 Å². The van der Waals surface area contributed by atoms with Crippen LogP contribution in [0.15, 0.2) is 54.6 Å². The molecule has 2 N–H and O–H groups in total. The third-order valence-corrected chi connectivity index (χ3v) is 4.34. The van der Waals surface area contributed by atoms with Crippen LogP contribution in [-0.4, -0.2) is 16.1 Å². The fourth-order valence-corrected chi connectivity index (χ4v) is 2.69. The first kappa shape index (κ1) is 15.7. The molecule has 2 aromatic carbocycles. The highest BCUT2D eigenvalue weighted by Crippen LogP contribution is 2.39. The second-order valence-electron chi connectivity index (χ2n) is 5.99. The van der Waals surface area contributed by atoms with Crippen molar-refractivity contribution in [3.8, 4) is 11.5 Å². The standard InChI is InChI=1S/C19H16ClN3O2/c20-15-3-1-2-4-18(15)25-14-9-7-13(8-10-14)21-19(24)17-11-16(22-23-17)12-5-6-12/h1-4,7-12H,5-6H2,(H,21,24)(H,22,23). The Bertz CT molecular complexity index is 901. The molecule has 1 aromatic heterocycles. The summed E-state index contributed by atoms with van der Waals surface area (Å²) in [5.41, 5.74) is 2.11. The van der Waals surface area contributed by atoms with Gasteiger partial charge in [-0.2, -0.15) is 5.10 Å². The number of amides is 1. The van der Waals surface area contributed by atoms with Crippen LogP contribution in [0, 0.1) is 0 Å². The van der Waals surface area contributed by atoms with Crippen LogP contribution in [0.1, 0.15) is 34.9 Å². The summed E-state index contributed by atoms with van der Waals surface area (Å²) in [6.07, 6.45) is 2.33. The zero-order valence-corrected chi connectivity index (χ0v) is 14.1. The van der Waals surface area contributed by atoms with Crippen LogP contribution in [0.25, 0.3) is 0 Å². The van der Waals surface area contributed by atoms with E-state index < -0.39 is 0 Å². The van der Waals surface area contributed by atoms with Crippen molar-refractivity contribution < 1.29 is 9.53 Å². The molecule has 0 unspecified atom stereocenters. The number of rotatable bonds is 5. The number of nitrogens with zero attached hydrogens (tertiary/aromatic N) is 1. The maximum atomic E-state index is 12.2. The summed E-state index contributed by atoms with van der Waals surface area (Å²) in [6.45, 7) is 0. The topological polar surface area (TPSA) is 67.0 Å². The summed E-state index contributed by atoms with van der Waals surface area (Å²) in [5.74, 6) is 1.53. The van der Waals surface area contributed by atoms with Gasteiger partial charge in [-0.25, -0.2) is 0 Å². The van der Waals surface area contributed by atoms with E-state index in [1.54, 1.807) is 36.4 Å². The predicted molar refractivity (Wildman–Crippen MR) is 96.5 cm³/mol. The molecule has 1 fully saturated rings.